The molecule has 20 heavy (non-hydrogen) atoms. The van der Waals surface area contributed by atoms with Crippen LogP contribution < -0.4 is 5.73 Å². The first-order chi connectivity index (χ1) is 9.68. The highest BCUT2D eigenvalue weighted by atomic mass is 35.5. The molecule has 3 rings (SSSR count). The number of rotatable bonds is 2. The third-order valence-corrected chi connectivity index (χ3v) is 3.80. The highest BCUT2D eigenvalue weighted by molar-refractivity contribution is 6.31. The number of halogens is 1. The summed E-state index contributed by atoms with van der Waals surface area (Å²) in [6.07, 6.45) is 0. The molecule has 0 bridgehead atoms. The van der Waals surface area contributed by atoms with Crippen LogP contribution in [-0.4, -0.2) is 10.2 Å². The highest BCUT2D eigenvalue weighted by Gasteiger charge is 2.16. The van der Waals surface area contributed by atoms with E-state index in [-0.39, 0.29) is 0 Å². The van der Waals surface area contributed by atoms with Crippen LogP contribution in [0.25, 0.3) is 22.4 Å². The van der Waals surface area contributed by atoms with Gasteiger partial charge in [-0.3, -0.25) is 5.10 Å². The Morgan fingerprint density at radius 2 is 1.80 bits per heavy atom. The summed E-state index contributed by atoms with van der Waals surface area (Å²) < 4.78 is 0. The number of H-pyrrole nitrogens is 1. The fourth-order valence-corrected chi connectivity index (χ4v) is 2.50. The molecule has 0 saturated heterocycles. The first kappa shape index (κ1) is 12.8. The van der Waals surface area contributed by atoms with Gasteiger partial charge in [0.1, 0.15) is 0 Å². The zero-order chi connectivity index (χ0) is 14.1. The number of nitrogen functional groups attached to an aromatic ring is 1. The fourth-order valence-electron chi connectivity index (χ4n) is 2.33. The number of aromatic nitrogens is 2. The predicted octanol–water partition coefficient (Wildman–Crippen LogP) is 4.29. The van der Waals surface area contributed by atoms with E-state index in [1.54, 1.807) is 0 Å². The van der Waals surface area contributed by atoms with Crippen molar-refractivity contribution in [1.82, 2.24) is 10.2 Å². The molecular formula is C16H14ClN3. The summed E-state index contributed by atoms with van der Waals surface area (Å²) in [4.78, 5) is 0. The Balaban J connectivity index is 2.24. The van der Waals surface area contributed by atoms with Gasteiger partial charge in [-0.15, -0.1) is 0 Å². The maximum Gasteiger partial charge on any atom is 0.153 e. The molecule has 0 aliphatic carbocycles. The molecule has 3 N–H and O–H groups in total. The third-order valence-electron chi connectivity index (χ3n) is 3.39. The maximum absolute atomic E-state index is 6.20. The smallest absolute Gasteiger partial charge is 0.153 e. The normalized spacial score (nSPS) is 10.7. The molecule has 0 unspecified atom stereocenters. The molecule has 3 aromatic rings. The second-order valence-electron chi connectivity index (χ2n) is 4.64. The summed E-state index contributed by atoms with van der Waals surface area (Å²) in [5, 5.41) is 7.90. The molecule has 1 heterocycles. The van der Waals surface area contributed by atoms with E-state index in [1.165, 1.54) is 0 Å². The van der Waals surface area contributed by atoms with Gasteiger partial charge in [0.25, 0.3) is 0 Å². The molecule has 0 amide bonds. The van der Waals surface area contributed by atoms with Gasteiger partial charge in [-0.05, 0) is 24.1 Å². The van der Waals surface area contributed by atoms with Crippen molar-refractivity contribution in [2.45, 2.75) is 6.92 Å². The molecule has 0 aliphatic heterocycles. The molecule has 1 aromatic heterocycles. The van der Waals surface area contributed by atoms with Gasteiger partial charge < -0.3 is 5.73 Å². The van der Waals surface area contributed by atoms with Gasteiger partial charge in [0, 0.05) is 10.6 Å². The zero-order valence-electron chi connectivity index (χ0n) is 11.0. The molecular weight excluding hydrogens is 270 g/mol. The van der Waals surface area contributed by atoms with Crippen molar-refractivity contribution < 1.29 is 0 Å². The lowest BCUT2D eigenvalue weighted by Gasteiger charge is -2.08. The molecule has 0 aliphatic rings. The lowest BCUT2D eigenvalue weighted by molar-refractivity contribution is 1.10. The first-order valence-corrected chi connectivity index (χ1v) is 6.71. The number of aromatic amines is 1. The summed E-state index contributed by atoms with van der Waals surface area (Å²) in [6, 6.07) is 15.8. The van der Waals surface area contributed by atoms with Crippen molar-refractivity contribution in [3.8, 4) is 22.4 Å². The first-order valence-electron chi connectivity index (χ1n) is 6.33. The standard InChI is InChI=1S/C16H14ClN3/c1-10-12(8-5-9-13(10)17)15-14(16(18)20-19-15)11-6-3-2-4-7-11/h2-9H,1H3,(H3,18,19,20). The minimum absolute atomic E-state index is 0.491. The van der Waals surface area contributed by atoms with E-state index in [0.29, 0.717) is 5.82 Å². The Labute approximate surface area is 122 Å². The molecule has 100 valence electrons. The Bertz CT molecular complexity index is 748. The number of nitrogens with two attached hydrogens (primary N) is 1. The van der Waals surface area contributed by atoms with Gasteiger partial charge in [-0.2, -0.15) is 5.10 Å². The van der Waals surface area contributed by atoms with Crippen molar-refractivity contribution in [2.24, 2.45) is 0 Å². The third kappa shape index (κ3) is 2.06. The van der Waals surface area contributed by atoms with Gasteiger partial charge in [0.15, 0.2) is 5.82 Å². The molecule has 0 fully saturated rings. The van der Waals surface area contributed by atoms with Crippen LogP contribution in [0, 0.1) is 6.92 Å². The Hall–Kier alpha value is -2.26. The van der Waals surface area contributed by atoms with E-state index in [0.717, 1.165) is 33.0 Å². The molecule has 2 aromatic carbocycles. The van der Waals surface area contributed by atoms with Gasteiger partial charge in [-0.1, -0.05) is 54.1 Å². The van der Waals surface area contributed by atoms with E-state index in [9.17, 15) is 0 Å². The second-order valence-corrected chi connectivity index (χ2v) is 5.04. The molecule has 0 radical (unpaired) electrons. The van der Waals surface area contributed by atoms with Crippen LogP contribution in [-0.2, 0) is 0 Å². The summed E-state index contributed by atoms with van der Waals surface area (Å²) >= 11 is 6.20. The van der Waals surface area contributed by atoms with Gasteiger partial charge in [0.05, 0.1) is 11.3 Å². The number of nitrogens with zero attached hydrogens (tertiary/aromatic N) is 1. The van der Waals surface area contributed by atoms with E-state index >= 15 is 0 Å². The van der Waals surface area contributed by atoms with Gasteiger partial charge in [0.2, 0.25) is 0 Å². The molecule has 0 atom stereocenters. The monoisotopic (exact) mass is 283 g/mol. The average molecular weight is 284 g/mol. The lowest BCUT2D eigenvalue weighted by Crippen LogP contribution is -1.90. The summed E-state index contributed by atoms with van der Waals surface area (Å²) in [6.45, 7) is 1.99. The topological polar surface area (TPSA) is 54.7 Å². The van der Waals surface area contributed by atoms with Crippen LogP contribution in [0.15, 0.2) is 48.5 Å². The summed E-state index contributed by atoms with van der Waals surface area (Å²) in [7, 11) is 0. The van der Waals surface area contributed by atoms with E-state index in [4.69, 9.17) is 17.3 Å². The summed E-state index contributed by atoms with van der Waals surface area (Å²) in [5.41, 5.74) is 10.9. The van der Waals surface area contributed by atoms with Crippen LogP contribution in [0.2, 0.25) is 5.02 Å². The zero-order valence-corrected chi connectivity index (χ0v) is 11.8. The van der Waals surface area contributed by atoms with E-state index in [1.807, 2.05) is 55.5 Å². The number of hydrogen-bond donors (Lipinski definition) is 2. The quantitative estimate of drug-likeness (QED) is 0.737. The van der Waals surface area contributed by atoms with Crippen molar-refractivity contribution in [3.63, 3.8) is 0 Å². The predicted molar refractivity (Wildman–Crippen MR) is 83.6 cm³/mol. The molecule has 0 saturated carbocycles. The minimum Gasteiger partial charge on any atom is -0.382 e. The van der Waals surface area contributed by atoms with Gasteiger partial charge in [-0.25, -0.2) is 0 Å². The van der Waals surface area contributed by atoms with Crippen LogP contribution in [0.4, 0.5) is 5.82 Å². The average Bonchev–Trinajstić information content (AvgIpc) is 2.84. The van der Waals surface area contributed by atoms with Crippen LogP contribution in [0.3, 0.4) is 0 Å². The highest BCUT2D eigenvalue weighted by Crippen LogP contribution is 2.37. The summed E-state index contributed by atoms with van der Waals surface area (Å²) in [5.74, 6) is 0.491. The number of nitrogens with one attached hydrogen (secondary N) is 1. The maximum atomic E-state index is 6.20. The van der Waals surface area contributed by atoms with Crippen molar-refractivity contribution in [1.29, 1.82) is 0 Å². The molecule has 0 spiro atoms. The molecule has 3 nitrogen and oxygen atoms in total. The van der Waals surface area contributed by atoms with Crippen LogP contribution in [0.1, 0.15) is 5.56 Å². The SMILES string of the molecule is Cc1c(Cl)cccc1-c1[nH]nc(N)c1-c1ccccc1. The van der Waals surface area contributed by atoms with E-state index < -0.39 is 0 Å². The Morgan fingerprint density at radius 3 is 2.55 bits per heavy atom. The number of hydrogen-bond acceptors (Lipinski definition) is 2. The fraction of sp³-hybridized carbons (Fsp3) is 0.0625. The Morgan fingerprint density at radius 1 is 1.05 bits per heavy atom. The number of benzene rings is 2. The Kier molecular flexibility index (Phi) is 3.20. The lowest BCUT2D eigenvalue weighted by atomic mass is 9.98. The van der Waals surface area contributed by atoms with Crippen molar-refractivity contribution in [3.05, 3.63) is 59.1 Å². The van der Waals surface area contributed by atoms with Crippen LogP contribution >= 0.6 is 11.6 Å². The number of anilines is 1. The van der Waals surface area contributed by atoms with Crippen LogP contribution in [0.5, 0.6) is 0 Å². The van der Waals surface area contributed by atoms with Crippen molar-refractivity contribution >= 4 is 17.4 Å². The largest absolute Gasteiger partial charge is 0.382 e. The van der Waals surface area contributed by atoms with Crippen molar-refractivity contribution in [2.75, 3.05) is 5.73 Å². The second kappa shape index (κ2) is 5.02. The minimum atomic E-state index is 0.491. The molecule has 4 heteroatoms. The van der Waals surface area contributed by atoms with Gasteiger partial charge >= 0.3 is 0 Å². The van der Waals surface area contributed by atoms with E-state index in [2.05, 4.69) is 10.2 Å².